The van der Waals surface area contributed by atoms with Crippen molar-refractivity contribution in [1.82, 2.24) is 0 Å². The lowest BCUT2D eigenvalue weighted by atomic mass is 10.2. The standard InChI is InChI=1S/C13H10O2S.C7H6O2S.C6H5Br/c14-13(15)11-8-4-5-9-12(11)16-10-6-2-1-3-7-10;8-7(9)5-3-1-2-4-6(5)10;7-6-4-2-1-3-5-6/h1-9H,(H,14,15);1-4,10H,(H,8,9);1-5H. The van der Waals surface area contributed by atoms with Crippen LogP contribution in [0.2, 0.25) is 0 Å². The Hall–Kier alpha value is -3.00. The van der Waals surface area contributed by atoms with E-state index in [0.29, 0.717) is 10.5 Å². The Morgan fingerprint density at radius 3 is 1.55 bits per heavy atom. The van der Waals surface area contributed by atoms with E-state index < -0.39 is 11.9 Å². The summed E-state index contributed by atoms with van der Waals surface area (Å²) in [5.74, 6) is -1.83. The van der Waals surface area contributed by atoms with Crippen LogP contribution in [0.4, 0.5) is 0 Å². The van der Waals surface area contributed by atoms with E-state index >= 15 is 0 Å². The Morgan fingerprint density at radius 2 is 1.09 bits per heavy atom. The van der Waals surface area contributed by atoms with E-state index in [4.69, 9.17) is 10.2 Å². The van der Waals surface area contributed by atoms with Gasteiger partial charge in [0.25, 0.3) is 0 Å². The minimum Gasteiger partial charge on any atom is -0.478 e. The van der Waals surface area contributed by atoms with Crippen molar-refractivity contribution in [2.24, 2.45) is 0 Å². The van der Waals surface area contributed by atoms with E-state index in [-0.39, 0.29) is 5.56 Å². The van der Waals surface area contributed by atoms with Gasteiger partial charge in [-0.25, -0.2) is 9.59 Å². The summed E-state index contributed by atoms with van der Waals surface area (Å²) in [5.41, 5.74) is 0.585. The summed E-state index contributed by atoms with van der Waals surface area (Å²) in [5, 5.41) is 17.5. The molecule has 0 fully saturated rings. The topological polar surface area (TPSA) is 74.6 Å². The molecule has 0 saturated heterocycles. The van der Waals surface area contributed by atoms with Crippen LogP contribution in [-0.4, -0.2) is 22.2 Å². The highest BCUT2D eigenvalue weighted by Crippen LogP contribution is 2.30. The molecule has 168 valence electrons. The largest absolute Gasteiger partial charge is 0.478 e. The quantitative estimate of drug-likeness (QED) is 0.231. The molecule has 0 bridgehead atoms. The number of thiol groups is 1. The molecule has 0 saturated carbocycles. The summed E-state index contributed by atoms with van der Waals surface area (Å²) in [4.78, 5) is 23.7. The third-order valence-electron chi connectivity index (χ3n) is 3.96. The average Bonchev–Trinajstić information content (AvgIpc) is 2.81. The number of halogens is 1. The minimum atomic E-state index is -0.939. The van der Waals surface area contributed by atoms with Crippen molar-refractivity contribution in [3.05, 3.63) is 125 Å². The Morgan fingerprint density at radius 1 is 0.636 bits per heavy atom. The number of benzene rings is 4. The number of rotatable bonds is 4. The van der Waals surface area contributed by atoms with Crippen LogP contribution in [0, 0.1) is 0 Å². The highest BCUT2D eigenvalue weighted by atomic mass is 79.9. The molecule has 0 aliphatic carbocycles. The van der Waals surface area contributed by atoms with Crippen LogP contribution in [0.15, 0.2) is 128 Å². The second-order valence-corrected chi connectivity index (χ2v) is 8.85. The van der Waals surface area contributed by atoms with Crippen LogP contribution in [0.3, 0.4) is 0 Å². The third-order valence-corrected chi connectivity index (χ3v) is 5.96. The Kier molecular flexibility index (Phi) is 11.3. The van der Waals surface area contributed by atoms with Crippen molar-refractivity contribution in [3.63, 3.8) is 0 Å². The number of hydrogen-bond acceptors (Lipinski definition) is 4. The van der Waals surface area contributed by atoms with Crippen molar-refractivity contribution in [1.29, 1.82) is 0 Å². The van der Waals surface area contributed by atoms with Crippen LogP contribution in [0.25, 0.3) is 0 Å². The molecule has 0 aromatic heterocycles. The van der Waals surface area contributed by atoms with Crippen molar-refractivity contribution in [2.45, 2.75) is 14.7 Å². The molecule has 4 aromatic rings. The Labute approximate surface area is 210 Å². The summed E-state index contributed by atoms with van der Waals surface area (Å²) in [6.45, 7) is 0. The summed E-state index contributed by atoms with van der Waals surface area (Å²) < 4.78 is 1.13. The lowest BCUT2D eigenvalue weighted by Gasteiger charge is -2.04. The first-order valence-electron chi connectivity index (χ1n) is 9.65. The van der Waals surface area contributed by atoms with Crippen molar-refractivity contribution >= 4 is 52.3 Å². The van der Waals surface area contributed by atoms with Gasteiger partial charge in [-0.1, -0.05) is 88.4 Å². The molecular formula is C26H21BrO4S2. The van der Waals surface area contributed by atoms with Gasteiger partial charge in [0, 0.05) is 19.2 Å². The van der Waals surface area contributed by atoms with Crippen LogP contribution < -0.4 is 0 Å². The fraction of sp³-hybridized carbons (Fsp3) is 0. The lowest BCUT2D eigenvalue weighted by Crippen LogP contribution is -1.97. The normalized spacial score (nSPS) is 9.52. The molecule has 0 aliphatic heterocycles. The van der Waals surface area contributed by atoms with Crippen molar-refractivity contribution in [2.75, 3.05) is 0 Å². The number of carboxylic acid groups (broad SMARTS) is 2. The molecule has 4 rings (SSSR count). The predicted molar refractivity (Wildman–Crippen MR) is 139 cm³/mol. The van der Waals surface area contributed by atoms with Crippen LogP contribution >= 0.6 is 40.3 Å². The third kappa shape index (κ3) is 9.57. The van der Waals surface area contributed by atoms with E-state index in [2.05, 4.69) is 28.6 Å². The van der Waals surface area contributed by atoms with Gasteiger partial charge in [0.1, 0.15) is 0 Å². The number of hydrogen-bond donors (Lipinski definition) is 3. The van der Waals surface area contributed by atoms with Gasteiger partial charge in [-0.15, -0.1) is 12.6 Å². The van der Waals surface area contributed by atoms with E-state index in [0.717, 1.165) is 14.3 Å². The monoisotopic (exact) mass is 540 g/mol. The average molecular weight is 541 g/mol. The maximum Gasteiger partial charge on any atom is 0.336 e. The van der Waals surface area contributed by atoms with E-state index in [1.54, 1.807) is 30.3 Å². The van der Waals surface area contributed by atoms with Gasteiger partial charge in [0.15, 0.2) is 0 Å². The van der Waals surface area contributed by atoms with Gasteiger partial charge >= 0.3 is 11.9 Å². The first-order chi connectivity index (χ1) is 15.9. The lowest BCUT2D eigenvalue weighted by molar-refractivity contribution is 0.0682. The van der Waals surface area contributed by atoms with E-state index in [1.807, 2.05) is 72.8 Å². The van der Waals surface area contributed by atoms with Crippen LogP contribution in [0.1, 0.15) is 20.7 Å². The Balaban J connectivity index is 0.000000193. The molecule has 0 radical (unpaired) electrons. The summed E-state index contributed by atoms with van der Waals surface area (Å²) >= 11 is 8.73. The van der Waals surface area contributed by atoms with Gasteiger partial charge in [-0.2, -0.15) is 0 Å². The van der Waals surface area contributed by atoms with Crippen molar-refractivity contribution in [3.8, 4) is 0 Å². The molecule has 2 N–H and O–H groups in total. The second-order valence-electron chi connectivity index (χ2n) is 6.33. The number of carbonyl (C=O) groups is 2. The van der Waals surface area contributed by atoms with E-state index in [1.165, 1.54) is 17.8 Å². The van der Waals surface area contributed by atoms with Crippen LogP contribution in [-0.2, 0) is 0 Å². The predicted octanol–water partition coefficient (Wildman–Crippen LogP) is 7.66. The van der Waals surface area contributed by atoms with Gasteiger partial charge in [-0.3, -0.25) is 0 Å². The molecule has 7 heteroatoms. The number of aromatic carboxylic acids is 2. The SMILES string of the molecule is Brc1ccccc1.O=C(O)c1ccccc1S.O=C(O)c1ccccc1Sc1ccccc1. The molecule has 0 unspecified atom stereocenters. The van der Waals surface area contributed by atoms with Gasteiger partial charge in [-0.05, 0) is 48.5 Å². The zero-order valence-electron chi connectivity index (χ0n) is 17.3. The maximum absolute atomic E-state index is 11.0. The molecular weight excluding hydrogens is 520 g/mol. The molecule has 0 atom stereocenters. The highest BCUT2D eigenvalue weighted by Gasteiger charge is 2.09. The van der Waals surface area contributed by atoms with E-state index in [9.17, 15) is 9.59 Å². The molecule has 0 aliphatic rings. The van der Waals surface area contributed by atoms with Crippen molar-refractivity contribution < 1.29 is 19.8 Å². The minimum absolute atomic E-state index is 0.242. The molecule has 33 heavy (non-hydrogen) atoms. The molecule has 0 amide bonds. The summed E-state index contributed by atoms with van der Waals surface area (Å²) in [6.07, 6.45) is 0. The Bertz CT molecular complexity index is 1170. The van der Waals surface area contributed by atoms with Gasteiger partial charge < -0.3 is 10.2 Å². The second kappa shape index (κ2) is 14.2. The highest BCUT2D eigenvalue weighted by molar-refractivity contribution is 9.10. The zero-order chi connectivity index (χ0) is 24.1. The summed E-state index contributed by atoms with van der Waals surface area (Å²) in [7, 11) is 0. The number of carboxylic acids is 2. The van der Waals surface area contributed by atoms with Crippen LogP contribution in [0.5, 0.6) is 0 Å². The smallest absolute Gasteiger partial charge is 0.336 e. The molecule has 4 aromatic carbocycles. The zero-order valence-corrected chi connectivity index (χ0v) is 20.6. The first-order valence-corrected chi connectivity index (χ1v) is 11.7. The molecule has 0 heterocycles. The molecule has 0 spiro atoms. The molecule has 4 nitrogen and oxygen atoms in total. The first kappa shape index (κ1) is 26.3. The van der Waals surface area contributed by atoms with Gasteiger partial charge in [0.05, 0.1) is 11.1 Å². The fourth-order valence-electron chi connectivity index (χ4n) is 2.42. The summed E-state index contributed by atoms with van der Waals surface area (Å²) in [6, 6.07) is 33.3. The fourth-order valence-corrected chi connectivity index (χ4v) is 3.94. The van der Waals surface area contributed by atoms with Gasteiger partial charge in [0.2, 0.25) is 0 Å². The maximum atomic E-state index is 11.0.